The van der Waals surface area contributed by atoms with Crippen LogP contribution in [0.5, 0.6) is 0 Å². The Morgan fingerprint density at radius 3 is 2.12 bits per heavy atom. The molecule has 6 nitrogen and oxygen atoms in total. The van der Waals surface area contributed by atoms with Gasteiger partial charge in [0, 0.05) is 37.6 Å². The van der Waals surface area contributed by atoms with Gasteiger partial charge in [0.05, 0.1) is 6.61 Å². The van der Waals surface area contributed by atoms with E-state index in [1.165, 1.54) is 39.0 Å². The van der Waals surface area contributed by atoms with Gasteiger partial charge in [-0.25, -0.2) is 0 Å². The van der Waals surface area contributed by atoms with Gasteiger partial charge in [0.15, 0.2) is 0 Å². The molecule has 0 saturated heterocycles. The summed E-state index contributed by atoms with van der Waals surface area (Å²) in [6.07, 6.45) is 11.4. The van der Waals surface area contributed by atoms with Crippen molar-refractivity contribution in [3.63, 3.8) is 0 Å². The van der Waals surface area contributed by atoms with Crippen molar-refractivity contribution in [1.29, 1.82) is 0 Å². The summed E-state index contributed by atoms with van der Waals surface area (Å²) < 4.78 is 11.7. The Morgan fingerprint density at radius 1 is 0.780 bits per heavy atom. The summed E-state index contributed by atoms with van der Waals surface area (Å²) >= 11 is 0. The molecule has 0 radical (unpaired) electrons. The first-order chi connectivity index (χ1) is 19.0. The Hall–Kier alpha value is -1.59. The Balaban J connectivity index is 1.50. The van der Waals surface area contributed by atoms with Gasteiger partial charge in [-0.2, -0.15) is 0 Å². The minimum atomic E-state index is -0.182. The van der Waals surface area contributed by atoms with Gasteiger partial charge in [0.1, 0.15) is 6.10 Å². The van der Waals surface area contributed by atoms with Crippen molar-refractivity contribution in [2.24, 2.45) is 56.7 Å². The normalized spacial score (nSPS) is 47.0. The Bertz CT molecular complexity index is 1070. The minimum Gasteiger partial charge on any atom is -0.465 e. The van der Waals surface area contributed by atoms with Gasteiger partial charge in [-0.3, -0.25) is 14.4 Å². The molecule has 5 fully saturated rings. The number of amides is 1. The number of ether oxygens (including phenoxy) is 2. The third-order valence-corrected chi connectivity index (χ3v) is 14.5. The van der Waals surface area contributed by atoms with Crippen LogP contribution < -0.4 is 5.32 Å². The van der Waals surface area contributed by atoms with Crippen LogP contribution in [0, 0.1) is 56.7 Å². The molecule has 11 atom stereocenters. The van der Waals surface area contributed by atoms with Crippen LogP contribution in [0.4, 0.5) is 0 Å². The maximum Gasteiger partial charge on any atom is 0.302 e. The second kappa shape index (κ2) is 10.3. The van der Waals surface area contributed by atoms with Crippen molar-refractivity contribution >= 4 is 17.8 Å². The molecule has 0 aromatic rings. The summed E-state index contributed by atoms with van der Waals surface area (Å²) in [6, 6.07) is 0.121. The van der Waals surface area contributed by atoms with E-state index in [0.29, 0.717) is 36.2 Å². The number of esters is 2. The number of hydrogen-bond donors (Lipinski definition) is 1. The smallest absolute Gasteiger partial charge is 0.302 e. The van der Waals surface area contributed by atoms with Crippen LogP contribution in [0.3, 0.4) is 0 Å². The topological polar surface area (TPSA) is 81.7 Å². The molecule has 0 spiro atoms. The molecule has 0 unspecified atom stereocenters. The Labute approximate surface area is 248 Å². The van der Waals surface area contributed by atoms with Crippen LogP contribution in [0.2, 0.25) is 0 Å². The van der Waals surface area contributed by atoms with Gasteiger partial charge in [0.25, 0.3) is 0 Å². The molecule has 5 saturated carbocycles. The van der Waals surface area contributed by atoms with Gasteiger partial charge < -0.3 is 14.8 Å². The van der Waals surface area contributed by atoms with E-state index in [2.05, 4.69) is 46.9 Å². The predicted molar refractivity (Wildman–Crippen MR) is 160 cm³/mol. The fourth-order valence-electron chi connectivity index (χ4n) is 12.7. The van der Waals surface area contributed by atoms with Gasteiger partial charge >= 0.3 is 11.9 Å². The van der Waals surface area contributed by atoms with Crippen molar-refractivity contribution in [2.45, 2.75) is 139 Å². The first-order valence-electron chi connectivity index (χ1n) is 16.6. The molecule has 5 aliphatic carbocycles. The van der Waals surface area contributed by atoms with E-state index in [-0.39, 0.29) is 57.1 Å². The van der Waals surface area contributed by atoms with Crippen LogP contribution in [0.1, 0.15) is 127 Å². The van der Waals surface area contributed by atoms with Crippen LogP contribution in [-0.2, 0) is 23.9 Å². The van der Waals surface area contributed by atoms with E-state index in [1.807, 2.05) is 0 Å². The van der Waals surface area contributed by atoms with Gasteiger partial charge in [-0.1, -0.05) is 34.6 Å². The lowest BCUT2D eigenvalue weighted by Crippen LogP contribution is -2.67. The summed E-state index contributed by atoms with van der Waals surface area (Å²) in [6.45, 7) is 20.0. The second-order valence-electron chi connectivity index (χ2n) is 16.5. The molecule has 0 bridgehead atoms. The quantitative estimate of drug-likeness (QED) is 0.356. The Morgan fingerprint density at radius 2 is 1.49 bits per heavy atom. The zero-order valence-corrected chi connectivity index (χ0v) is 27.4. The number of nitrogens with one attached hydrogen (secondary N) is 1. The molecule has 1 N–H and O–H groups in total. The fraction of sp³-hybridized carbons (Fsp3) is 0.914. The first-order valence-corrected chi connectivity index (χ1v) is 16.6. The minimum absolute atomic E-state index is 0.000408. The van der Waals surface area contributed by atoms with Crippen molar-refractivity contribution in [2.75, 3.05) is 6.61 Å². The molecule has 5 rings (SSSR count). The zero-order chi connectivity index (χ0) is 30.2. The SMILES string of the molecule is CC(=O)N[C@H](C)[C@@H]1CC[C@@]2(COC(C)=O)CC[C@]3(C)[C@@H](CC[C@@H]4[C@]5(C)CC[C@H](OC(C)=O)C(C)(C)[C@@H]5CC[C@@]43C)[C@H]12. The van der Waals surface area contributed by atoms with Crippen molar-refractivity contribution < 1.29 is 23.9 Å². The predicted octanol–water partition coefficient (Wildman–Crippen LogP) is 7.09. The number of carbonyl (C=O) groups excluding carboxylic acids is 3. The van der Waals surface area contributed by atoms with Crippen molar-refractivity contribution in [3.8, 4) is 0 Å². The fourth-order valence-corrected chi connectivity index (χ4v) is 12.7. The van der Waals surface area contributed by atoms with E-state index in [1.54, 1.807) is 13.8 Å². The molecule has 6 heteroatoms. The maximum atomic E-state index is 12.1. The monoisotopic (exact) mass is 571 g/mol. The van der Waals surface area contributed by atoms with E-state index < -0.39 is 0 Å². The average Bonchev–Trinajstić information content (AvgIpc) is 3.24. The lowest BCUT2D eigenvalue weighted by atomic mass is 9.32. The molecule has 41 heavy (non-hydrogen) atoms. The number of hydrogen-bond acceptors (Lipinski definition) is 5. The molecular weight excluding hydrogens is 514 g/mol. The van der Waals surface area contributed by atoms with E-state index in [4.69, 9.17) is 9.47 Å². The van der Waals surface area contributed by atoms with Gasteiger partial charge in [0.2, 0.25) is 5.91 Å². The summed E-state index contributed by atoms with van der Waals surface area (Å²) in [5.74, 6) is 2.30. The van der Waals surface area contributed by atoms with Crippen molar-refractivity contribution in [3.05, 3.63) is 0 Å². The Kier molecular flexibility index (Phi) is 7.72. The van der Waals surface area contributed by atoms with Crippen LogP contribution in [-0.4, -0.2) is 36.6 Å². The number of rotatable bonds is 5. The van der Waals surface area contributed by atoms with Crippen LogP contribution in [0.15, 0.2) is 0 Å². The second-order valence-corrected chi connectivity index (χ2v) is 16.5. The van der Waals surface area contributed by atoms with E-state index >= 15 is 0 Å². The molecule has 0 heterocycles. The molecule has 0 aliphatic heterocycles. The highest BCUT2D eigenvalue weighted by Gasteiger charge is 2.71. The summed E-state index contributed by atoms with van der Waals surface area (Å²) in [4.78, 5) is 36.1. The van der Waals surface area contributed by atoms with Gasteiger partial charge in [-0.05, 0) is 117 Å². The van der Waals surface area contributed by atoms with Gasteiger partial charge in [-0.15, -0.1) is 0 Å². The molecular formula is C35H57NO5. The zero-order valence-electron chi connectivity index (χ0n) is 27.4. The first kappa shape index (κ1) is 30.9. The highest BCUT2D eigenvalue weighted by Crippen LogP contribution is 2.77. The molecule has 5 aliphatic rings. The van der Waals surface area contributed by atoms with E-state index in [0.717, 1.165) is 32.1 Å². The summed E-state index contributed by atoms with van der Waals surface area (Å²) in [7, 11) is 0. The summed E-state index contributed by atoms with van der Waals surface area (Å²) in [5.41, 5.74) is 0.634. The lowest BCUT2D eigenvalue weighted by Gasteiger charge is -2.73. The highest BCUT2D eigenvalue weighted by atomic mass is 16.5. The number of fused-ring (bicyclic) bond motifs is 7. The third kappa shape index (κ3) is 4.58. The van der Waals surface area contributed by atoms with E-state index in [9.17, 15) is 14.4 Å². The molecule has 1 amide bonds. The maximum absolute atomic E-state index is 12.1. The average molecular weight is 572 g/mol. The van der Waals surface area contributed by atoms with Crippen molar-refractivity contribution in [1.82, 2.24) is 5.32 Å². The third-order valence-electron chi connectivity index (χ3n) is 14.5. The standard InChI is InChI=1S/C35H57NO5/c1-21(36-22(2)37)25-12-17-35(20-40-23(3)38)19-18-33(8)26(30(25)35)10-11-28-32(7)15-14-29(41-24(4)39)31(5,6)27(32)13-16-34(28,33)9/h21,25-30H,10-20H2,1-9H3,(H,36,37)/t21-,25+,26+,27+,28-,29+,30+,32-,33-,34+,35+/m1/s1. The lowest BCUT2D eigenvalue weighted by molar-refractivity contribution is -0.253. The molecule has 0 aromatic carbocycles. The molecule has 0 aromatic heterocycles. The molecule has 232 valence electrons. The highest BCUT2D eigenvalue weighted by molar-refractivity contribution is 5.73. The van der Waals surface area contributed by atoms with Crippen LogP contribution in [0.25, 0.3) is 0 Å². The largest absolute Gasteiger partial charge is 0.465 e. The summed E-state index contributed by atoms with van der Waals surface area (Å²) in [5, 5.41) is 3.26. The van der Waals surface area contributed by atoms with Crippen LogP contribution >= 0.6 is 0 Å². The number of carbonyl (C=O) groups is 3.